The Labute approximate surface area is 440 Å². The maximum Gasteiger partial charge on any atom is 0.333 e. The molecule has 0 spiro atoms. The van der Waals surface area contributed by atoms with Crippen LogP contribution in [0, 0.1) is 0 Å². The van der Waals surface area contributed by atoms with E-state index in [-0.39, 0.29) is 17.7 Å². The summed E-state index contributed by atoms with van der Waals surface area (Å²) < 4.78 is 9.67. The minimum atomic E-state index is -0.191. The second-order valence-electron chi connectivity index (χ2n) is 23.3. The first-order chi connectivity index (χ1) is 36.4. The smallest absolute Gasteiger partial charge is 0.333 e. The number of para-hydroxylation sites is 1. The topological polar surface area (TPSA) is 17.4 Å². The molecule has 1 aromatic heterocycles. The largest absolute Gasteiger partial charge is 0.457 e. The van der Waals surface area contributed by atoms with Crippen molar-refractivity contribution < 1.29 is 4.74 Å². The molecule has 4 heterocycles. The zero-order valence-corrected chi connectivity index (χ0v) is 43.8. The van der Waals surface area contributed by atoms with Crippen LogP contribution in [-0.2, 0) is 30.1 Å². The highest BCUT2D eigenvalue weighted by Crippen LogP contribution is 2.52. The quantitative estimate of drug-likeness (QED) is 0.126. The van der Waals surface area contributed by atoms with Crippen molar-refractivity contribution in [3.8, 4) is 16.9 Å². The van der Waals surface area contributed by atoms with Gasteiger partial charge in [0.1, 0.15) is 11.5 Å². The van der Waals surface area contributed by atoms with E-state index in [9.17, 15) is 0 Å². The van der Waals surface area contributed by atoms with Crippen molar-refractivity contribution in [3.63, 3.8) is 0 Å². The fraction of sp³-hybridized carbons (Fsp3) is 0.155. The third kappa shape index (κ3) is 7.17. The van der Waals surface area contributed by atoms with E-state index >= 15 is 0 Å². The van der Waals surface area contributed by atoms with Crippen LogP contribution in [0.3, 0.4) is 0 Å². The van der Waals surface area contributed by atoms with E-state index in [0.717, 1.165) is 36.0 Å². The Bertz CT molecular complexity index is 4240. The van der Waals surface area contributed by atoms with E-state index in [1.165, 1.54) is 121 Å². The standard InChI is InChI=1S/C71H59BN2O/c1-44-23-11-8-16-29-48-37-60-65-52-30-18-17-28-47(52)38-64-67(65)72(74-62-34-22-21-33-55(62)66(68(60)74)69(48)75-44)61-42-58-56(35-45-24-12-9-13-25-45)53-31-19-20-32-54(53)57(36-46-26-14-10-15-27-46)59(58)43-63(61)73(64)51-40-49(70(2,3)4)39-50(41-51)71(5,6)7/h8-28,30-34,37-43H,1,29,35-36H2,2-7H3/b16-8-,23-11-. The average Bonchev–Trinajstić information content (AvgIpc) is 3.86. The van der Waals surface area contributed by atoms with Crippen LogP contribution in [0.2, 0.25) is 0 Å². The number of fused-ring (bicyclic) bond motifs is 13. The summed E-state index contributed by atoms with van der Waals surface area (Å²) in [5, 5.41) is 10.0. The molecule has 0 fully saturated rings. The SMILES string of the molecule is C=C1/C=C\C=C/Cc2cc3c4c(c2O1)c1ccccc1n4B1c2cc4c(Cc5ccccc5)c5ccccc5c(Cc5ccccc5)c4cc2N(c2cc(C(C)(C)C)cc(C(C)(C)C)c2)c2cc4ccccc4c-3c21. The van der Waals surface area contributed by atoms with Gasteiger partial charge in [-0.1, -0.05) is 206 Å². The molecule has 0 saturated heterocycles. The second kappa shape index (κ2) is 16.8. The van der Waals surface area contributed by atoms with Gasteiger partial charge in [-0.15, -0.1) is 0 Å². The Balaban J connectivity index is 1.20. The van der Waals surface area contributed by atoms with E-state index in [2.05, 4.69) is 246 Å². The summed E-state index contributed by atoms with van der Waals surface area (Å²) in [6.45, 7) is 18.4. The molecule has 0 unspecified atom stereocenters. The summed E-state index contributed by atoms with van der Waals surface area (Å²) in [5.74, 6) is 1.52. The van der Waals surface area contributed by atoms with Crippen LogP contribution < -0.4 is 20.6 Å². The second-order valence-corrected chi connectivity index (χ2v) is 23.3. The van der Waals surface area contributed by atoms with Crippen molar-refractivity contribution in [2.24, 2.45) is 0 Å². The van der Waals surface area contributed by atoms with Gasteiger partial charge in [-0.3, -0.25) is 0 Å². The summed E-state index contributed by atoms with van der Waals surface area (Å²) in [5.41, 5.74) is 20.1. The molecule has 3 nitrogen and oxygen atoms in total. The molecule has 3 aliphatic rings. The molecule has 14 rings (SSSR count). The lowest BCUT2D eigenvalue weighted by atomic mass is 9.44. The van der Waals surface area contributed by atoms with Gasteiger partial charge in [0.2, 0.25) is 0 Å². The number of ether oxygens (including phenoxy) is 1. The minimum absolute atomic E-state index is 0.0982. The van der Waals surface area contributed by atoms with Gasteiger partial charge in [0.15, 0.2) is 0 Å². The van der Waals surface area contributed by atoms with E-state index in [1.54, 1.807) is 0 Å². The van der Waals surface area contributed by atoms with Crippen molar-refractivity contribution in [2.45, 2.75) is 71.6 Å². The Kier molecular flexibility index (Phi) is 10.2. The highest BCUT2D eigenvalue weighted by molar-refractivity contribution is 6.90. The molecule has 10 aromatic carbocycles. The number of rotatable bonds is 5. The first kappa shape index (κ1) is 45.3. The zero-order valence-electron chi connectivity index (χ0n) is 43.8. The summed E-state index contributed by atoms with van der Waals surface area (Å²) in [6.07, 6.45) is 10.7. The molecule has 0 aliphatic carbocycles. The zero-order chi connectivity index (χ0) is 50.9. The number of hydrogen-bond donors (Lipinski definition) is 0. The van der Waals surface area contributed by atoms with Crippen molar-refractivity contribution in [2.75, 3.05) is 4.90 Å². The van der Waals surface area contributed by atoms with Gasteiger partial charge >= 0.3 is 6.85 Å². The van der Waals surface area contributed by atoms with Crippen LogP contribution in [0.4, 0.5) is 17.1 Å². The van der Waals surface area contributed by atoms with Crippen molar-refractivity contribution in [1.29, 1.82) is 0 Å². The Hall–Kier alpha value is -8.34. The summed E-state index contributed by atoms with van der Waals surface area (Å²) in [4.78, 5) is 2.67. The van der Waals surface area contributed by atoms with Gasteiger partial charge in [0.05, 0.1) is 0 Å². The molecular weight excluding hydrogens is 908 g/mol. The molecule has 0 N–H and O–H groups in total. The molecule has 362 valence electrons. The van der Waals surface area contributed by atoms with E-state index in [4.69, 9.17) is 4.74 Å². The fourth-order valence-corrected chi connectivity index (χ4v) is 12.9. The van der Waals surface area contributed by atoms with Crippen LogP contribution >= 0.6 is 0 Å². The van der Waals surface area contributed by atoms with E-state index < -0.39 is 0 Å². The number of hydrogen-bond acceptors (Lipinski definition) is 2. The van der Waals surface area contributed by atoms with Crippen molar-refractivity contribution >= 4 is 89.0 Å². The Morgan fingerprint density at radius 1 is 0.560 bits per heavy atom. The van der Waals surface area contributed by atoms with Gasteiger partial charge in [-0.25, -0.2) is 0 Å². The predicted octanol–water partition coefficient (Wildman–Crippen LogP) is 17.0. The van der Waals surface area contributed by atoms with Crippen LogP contribution in [0.25, 0.3) is 65.3 Å². The molecule has 75 heavy (non-hydrogen) atoms. The average molecular weight is 967 g/mol. The first-order valence-corrected chi connectivity index (χ1v) is 26.8. The highest BCUT2D eigenvalue weighted by atomic mass is 16.5. The van der Waals surface area contributed by atoms with Crippen LogP contribution in [0.5, 0.6) is 5.75 Å². The third-order valence-electron chi connectivity index (χ3n) is 16.5. The molecule has 0 saturated carbocycles. The van der Waals surface area contributed by atoms with Crippen LogP contribution in [-0.4, -0.2) is 11.3 Å². The van der Waals surface area contributed by atoms with Crippen molar-refractivity contribution in [1.82, 2.24) is 4.48 Å². The van der Waals surface area contributed by atoms with Crippen molar-refractivity contribution in [3.05, 3.63) is 252 Å². The molecule has 4 heteroatoms. The first-order valence-electron chi connectivity index (χ1n) is 26.8. The summed E-state index contributed by atoms with van der Waals surface area (Å²) in [7, 11) is 0. The van der Waals surface area contributed by atoms with Crippen LogP contribution in [0.15, 0.2) is 213 Å². The monoisotopic (exact) mass is 966 g/mol. The van der Waals surface area contributed by atoms with Gasteiger partial charge in [0, 0.05) is 44.4 Å². The fourth-order valence-electron chi connectivity index (χ4n) is 12.9. The predicted molar refractivity (Wildman–Crippen MR) is 320 cm³/mol. The number of anilines is 3. The summed E-state index contributed by atoms with van der Waals surface area (Å²) >= 11 is 0. The molecule has 0 bridgehead atoms. The molecular formula is C71H59BN2O. The molecule has 0 atom stereocenters. The van der Waals surface area contributed by atoms with E-state index in [0.29, 0.717) is 5.76 Å². The maximum absolute atomic E-state index is 6.97. The van der Waals surface area contributed by atoms with Gasteiger partial charge in [0.25, 0.3) is 0 Å². The van der Waals surface area contributed by atoms with E-state index in [1.807, 2.05) is 12.2 Å². The summed E-state index contributed by atoms with van der Waals surface area (Å²) in [6, 6.07) is 67.1. The van der Waals surface area contributed by atoms with Gasteiger partial charge < -0.3 is 14.1 Å². The lowest BCUT2D eigenvalue weighted by Crippen LogP contribution is -2.56. The molecule has 11 aromatic rings. The highest BCUT2D eigenvalue weighted by Gasteiger charge is 2.45. The molecule has 0 amide bonds. The lowest BCUT2D eigenvalue weighted by Gasteiger charge is -2.42. The number of benzene rings is 10. The number of allylic oxidation sites excluding steroid dienone is 4. The maximum atomic E-state index is 6.97. The normalized spacial score (nSPS) is 14.9. The van der Waals surface area contributed by atoms with Gasteiger partial charge in [-0.2, -0.15) is 0 Å². The number of nitrogens with zero attached hydrogens (tertiary/aromatic N) is 2. The minimum Gasteiger partial charge on any atom is -0.457 e. The van der Waals surface area contributed by atoms with Gasteiger partial charge in [-0.05, 0) is 160 Å². The third-order valence-corrected chi connectivity index (χ3v) is 16.5. The van der Waals surface area contributed by atoms with Crippen LogP contribution in [0.1, 0.15) is 80.5 Å². The Morgan fingerprint density at radius 3 is 1.80 bits per heavy atom. The molecule has 0 radical (unpaired) electrons. The lowest BCUT2D eigenvalue weighted by molar-refractivity contribution is 0.448. The Morgan fingerprint density at radius 2 is 1.15 bits per heavy atom. The number of aromatic nitrogens is 1. The molecule has 3 aliphatic heterocycles.